The second-order valence-corrected chi connectivity index (χ2v) is 10.6. The molecule has 1 saturated heterocycles. The van der Waals surface area contributed by atoms with Crippen molar-refractivity contribution < 1.29 is 13.2 Å². The van der Waals surface area contributed by atoms with Gasteiger partial charge in [0.05, 0.1) is 0 Å². The number of amides is 1. The SMILES string of the molecule is Cn1cc(S(=O)(=O)N2CCCCC2)cc1C(=O)NCC1(c2ccccc2)CCCC1. The molecule has 162 valence electrons. The lowest BCUT2D eigenvalue weighted by molar-refractivity contribution is 0.0935. The fourth-order valence-corrected chi connectivity index (χ4v) is 6.50. The Morgan fingerprint density at radius 3 is 2.37 bits per heavy atom. The first-order chi connectivity index (χ1) is 14.4. The van der Waals surface area contributed by atoms with Crippen molar-refractivity contribution in [2.24, 2.45) is 7.05 Å². The molecule has 4 rings (SSSR count). The summed E-state index contributed by atoms with van der Waals surface area (Å²) in [4.78, 5) is 13.2. The van der Waals surface area contributed by atoms with E-state index in [1.54, 1.807) is 17.8 Å². The topological polar surface area (TPSA) is 71.4 Å². The van der Waals surface area contributed by atoms with E-state index in [9.17, 15) is 13.2 Å². The second-order valence-electron chi connectivity index (χ2n) is 8.67. The second kappa shape index (κ2) is 8.55. The maximum Gasteiger partial charge on any atom is 0.267 e. The Kier molecular flexibility index (Phi) is 6.02. The highest BCUT2D eigenvalue weighted by Crippen LogP contribution is 2.40. The Hall–Kier alpha value is -2.12. The van der Waals surface area contributed by atoms with E-state index in [1.165, 1.54) is 15.9 Å². The molecule has 0 bridgehead atoms. The van der Waals surface area contributed by atoms with E-state index in [4.69, 9.17) is 0 Å². The minimum atomic E-state index is -3.55. The van der Waals surface area contributed by atoms with Gasteiger partial charge in [-0.25, -0.2) is 8.42 Å². The third kappa shape index (κ3) is 4.05. The van der Waals surface area contributed by atoms with Gasteiger partial charge >= 0.3 is 0 Å². The third-order valence-corrected chi connectivity index (χ3v) is 8.56. The van der Waals surface area contributed by atoms with Crippen molar-refractivity contribution in [3.63, 3.8) is 0 Å². The van der Waals surface area contributed by atoms with Gasteiger partial charge in [0.1, 0.15) is 10.6 Å². The molecular formula is C23H31N3O3S. The lowest BCUT2D eigenvalue weighted by atomic mass is 9.79. The zero-order chi connectivity index (χ0) is 21.2. The minimum absolute atomic E-state index is 0.0369. The Balaban J connectivity index is 1.50. The van der Waals surface area contributed by atoms with Gasteiger partial charge in [0.25, 0.3) is 5.91 Å². The van der Waals surface area contributed by atoms with Crippen LogP contribution in [0.15, 0.2) is 47.5 Å². The number of carbonyl (C=O) groups is 1. The summed E-state index contributed by atoms with van der Waals surface area (Å²) in [5.74, 6) is -0.222. The summed E-state index contributed by atoms with van der Waals surface area (Å²) in [5.41, 5.74) is 1.61. The van der Waals surface area contributed by atoms with E-state index in [0.29, 0.717) is 25.3 Å². The van der Waals surface area contributed by atoms with Crippen LogP contribution in [0.5, 0.6) is 0 Å². The largest absolute Gasteiger partial charge is 0.350 e. The van der Waals surface area contributed by atoms with E-state index < -0.39 is 10.0 Å². The number of piperidine rings is 1. The molecule has 0 radical (unpaired) electrons. The average molecular weight is 430 g/mol. The maximum absolute atomic E-state index is 13.0. The molecule has 1 aliphatic heterocycles. The normalized spacial score (nSPS) is 19.6. The summed E-state index contributed by atoms with van der Waals surface area (Å²) >= 11 is 0. The predicted octanol–water partition coefficient (Wildman–Crippen LogP) is 3.44. The number of carbonyl (C=O) groups excluding carboxylic acids is 1. The third-order valence-electron chi connectivity index (χ3n) is 6.70. The Morgan fingerprint density at radius 1 is 1.03 bits per heavy atom. The highest BCUT2D eigenvalue weighted by atomic mass is 32.2. The monoisotopic (exact) mass is 429 g/mol. The van der Waals surface area contributed by atoms with Gasteiger partial charge in [-0.1, -0.05) is 49.6 Å². The highest BCUT2D eigenvalue weighted by molar-refractivity contribution is 7.89. The van der Waals surface area contributed by atoms with Crippen LogP contribution in [0.3, 0.4) is 0 Å². The van der Waals surface area contributed by atoms with Gasteiger partial charge in [-0.3, -0.25) is 4.79 Å². The zero-order valence-corrected chi connectivity index (χ0v) is 18.5. The number of aryl methyl sites for hydroxylation is 1. The fourth-order valence-electron chi connectivity index (χ4n) is 4.91. The highest BCUT2D eigenvalue weighted by Gasteiger charge is 2.36. The van der Waals surface area contributed by atoms with E-state index in [2.05, 4.69) is 17.4 Å². The van der Waals surface area contributed by atoms with Crippen LogP contribution < -0.4 is 5.32 Å². The van der Waals surface area contributed by atoms with Crippen molar-refractivity contribution in [1.29, 1.82) is 0 Å². The molecule has 2 heterocycles. The predicted molar refractivity (Wildman–Crippen MR) is 117 cm³/mol. The van der Waals surface area contributed by atoms with E-state index >= 15 is 0 Å². The van der Waals surface area contributed by atoms with Gasteiger partial charge < -0.3 is 9.88 Å². The number of aromatic nitrogens is 1. The summed E-state index contributed by atoms with van der Waals surface area (Å²) in [7, 11) is -1.82. The Bertz CT molecular complexity index is 986. The number of hydrogen-bond donors (Lipinski definition) is 1. The molecule has 2 fully saturated rings. The van der Waals surface area contributed by atoms with Crippen molar-refractivity contribution >= 4 is 15.9 Å². The van der Waals surface area contributed by atoms with Crippen molar-refractivity contribution in [3.8, 4) is 0 Å². The van der Waals surface area contributed by atoms with Gasteiger partial charge in [0, 0.05) is 38.3 Å². The van der Waals surface area contributed by atoms with Crippen molar-refractivity contribution in [1.82, 2.24) is 14.2 Å². The molecule has 2 aliphatic rings. The summed E-state index contributed by atoms with van der Waals surface area (Å²) in [5, 5.41) is 3.10. The molecule has 0 atom stereocenters. The van der Waals surface area contributed by atoms with Gasteiger partial charge in [0.2, 0.25) is 10.0 Å². The molecule has 2 aromatic rings. The molecule has 1 saturated carbocycles. The van der Waals surface area contributed by atoms with Crippen LogP contribution in [0.2, 0.25) is 0 Å². The van der Waals surface area contributed by atoms with E-state index in [-0.39, 0.29) is 16.2 Å². The molecule has 1 amide bonds. The lowest BCUT2D eigenvalue weighted by Gasteiger charge is -2.30. The molecular weight excluding hydrogens is 398 g/mol. The molecule has 30 heavy (non-hydrogen) atoms. The molecule has 1 aliphatic carbocycles. The standard InChI is InChI=1S/C23H31N3O3S/c1-25-17-20(30(28,29)26-14-8-3-9-15-26)16-21(25)22(27)24-18-23(12-6-7-13-23)19-10-4-2-5-11-19/h2,4-5,10-11,16-17H,3,6-9,12-15,18H2,1H3,(H,24,27). The number of hydrogen-bond acceptors (Lipinski definition) is 3. The van der Waals surface area contributed by atoms with Crippen LogP contribution in [-0.4, -0.2) is 42.8 Å². The number of nitrogens with one attached hydrogen (secondary N) is 1. The summed E-state index contributed by atoms with van der Waals surface area (Å²) < 4.78 is 29.1. The fraction of sp³-hybridized carbons (Fsp3) is 0.522. The first kappa shape index (κ1) is 21.1. The van der Waals surface area contributed by atoms with Crippen LogP contribution >= 0.6 is 0 Å². The average Bonchev–Trinajstić information content (AvgIpc) is 3.41. The maximum atomic E-state index is 13.0. The van der Waals surface area contributed by atoms with Crippen LogP contribution in [0.25, 0.3) is 0 Å². The van der Waals surface area contributed by atoms with Gasteiger partial charge in [-0.15, -0.1) is 0 Å². The molecule has 6 nitrogen and oxygen atoms in total. The minimum Gasteiger partial charge on any atom is -0.350 e. The van der Waals surface area contributed by atoms with Crippen LogP contribution in [-0.2, 0) is 22.5 Å². The number of nitrogens with zero attached hydrogens (tertiary/aromatic N) is 2. The van der Waals surface area contributed by atoms with Crippen molar-refractivity contribution in [2.75, 3.05) is 19.6 Å². The van der Waals surface area contributed by atoms with Crippen molar-refractivity contribution in [3.05, 3.63) is 53.9 Å². The molecule has 1 N–H and O–H groups in total. The first-order valence-corrected chi connectivity index (χ1v) is 12.4. The van der Waals surface area contributed by atoms with E-state index in [1.807, 2.05) is 18.2 Å². The summed E-state index contributed by atoms with van der Waals surface area (Å²) in [6, 6.07) is 11.9. The zero-order valence-electron chi connectivity index (χ0n) is 17.6. The number of rotatable bonds is 6. The lowest BCUT2D eigenvalue weighted by Crippen LogP contribution is -2.39. The Morgan fingerprint density at radius 2 is 1.70 bits per heavy atom. The van der Waals surface area contributed by atoms with Crippen molar-refractivity contribution in [2.45, 2.75) is 55.3 Å². The first-order valence-electron chi connectivity index (χ1n) is 10.9. The number of benzene rings is 1. The van der Waals surface area contributed by atoms with Gasteiger partial charge in [-0.05, 0) is 37.3 Å². The smallest absolute Gasteiger partial charge is 0.267 e. The van der Waals surface area contributed by atoms with Crippen LogP contribution in [0, 0.1) is 0 Å². The Labute approximate surface area is 179 Å². The van der Waals surface area contributed by atoms with E-state index in [0.717, 1.165) is 44.9 Å². The summed E-state index contributed by atoms with van der Waals surface area (Å²) in [6.45, 7) is 1.67. The van der Waals surface area contributed by atoms with Crippen LogP contribution in [0.4, 0.5) is 0 Å². The van der Waals surface area contributed by atoms with Crippen LogP contribution in [0.1, 0.15) is 61.0 Å². The molecule has 0 spiro atoms. The van der Waals surface area contributed by atoms with Gasteiger partial charge in [-0.2, -0.15) is 4.31 Å². The summed E-state index contributed by atoms with van der Waals surface area (Å²) in [6.07, 6.45) is 8.83. The molecule has 0 unspecified atom stereocenters. The molecule has 1 aromatic carbocycles. The van der Waals surface area contributed by atoms with Gasteiger partial charge in [0.15, 0.2) is 0 Å². The quantitative estimate of drug-likeness (QED) is 0.765. The number of sulfonamides is 1. The molecule has 7 heteroatoms. The molecule has 1 aromatic heterocycles.